The molecule has 9 nitrogen and oxygen atoms in total. The molecule has 0 atom stereocenters. The lowest BCUT2D eigenvalue weighted by Crippen LogP contribution is -2.61. The topological polar surface area (TPSA) is 50.1 Å². The van der Waals surface area contributed by atoms with E-state index in [9.17, 15) is 0 Å². The minimum absolute atomic E-state index is 0.198. The average molecular weight is 1440 g/mol. The first-order chi connectivity index (χ1) is 56.1. The normalized spacial score (nSPS) is 13.2. The van der Waals surface area contributed by atoms with E-state index in [1.54, 1.807) is 0 Å². The van der Waals surface area contributed by atoms with Crippen molar-refractivity contribution in [2.24, 2.45) is 0 Å². The number of para-hydroxylation sites is 13. The summed E-state index contributed by atoms with van der Waals surface area (Å²) in [6.45, 7) is -0.396. The number of aromatic nitrogens is 1. The molecule has 0 fully saturated rings. The first-order valence-corrected chi connectivity index (χ1v) is 38.9. The van der Waals surface area contributed by atoms with Gasteiger partial charge in [-0.1, -0.05) is 237 Å². The van der Waals surface area contributed by atoms with Gasteiger partial charge in [-0.15, -0.1) is 0 Å². The Labute approximate surface area is 651 Å². The van der Waals surface area contributed by atoms with Crippen LogP contribution in [0.3, 0.4) is 0 Å². The maximum Gasteiger partial charge on any atom is 0.252 e. The van der Waals surface area contributed by atoms with Crippen LogP contribution in [0.1, 0.15) is 0 Å². The number of furan rings is 2. The van der Waals surface area contributed by atoms with Gasteiger partial charge in [-0.25, -0.2) is 0 Å². The number of fused-ring (bicyclic) bond motifs is 20. The molecule has 21 aromatic rings. The van der Waals surface area contributed by atoms with Gasteiger partial charge in [0.2, 0.25) is 0 Å². The largest absolute Gasteiger partial charge is 0.454 e. The molecule has 11 heteroatoms. The van der Waals surface area contributed by atoms with Crippen LogP contribution in [-0.2, 0) is 0 Å². The zero-order chi connectivity index (χ0) is 73.7. The molecule has 4 aromatic heterocycles. The molecule has 0 N–H and O–H groups in total. The highest BCUT2D eigenvalue weighted by Gasteiger charge is 2.48. The van der Waals surface area contributed by atoms with Crippen molar-refractivity contribution in [3.8, 4) is 0 Å². The molecule has 0 saturated heterocycles. The summed E-state index contributed by atoms with van der Waals surface area (Å²) in [6, 6.07) is 141. The van der Waals surface area contributed by atoms with Crippen LogP contribution in [0.4, 0.5) is 102 Å². The van der Waals surface area contributed by atoms with E-state index in [1.807, 2.05) is 0 Å². The predicted molar refractivity (Wildman–Crippen MR) is 473 cm³/mol. The van der Waals surface area contributed by atoms with Gasteiger partial charge in [0, 0.05) is 123 Å². The van der Waals surface area contributed by atoms with Gasteiger partial charge in [0.25, 0.3) is 13.4 Å². The first kappa shape index (κ1) is 62.0. The Morgan fingerprint density at radius 2 is 0.531 bits per heavy atom. The van der Waals surface area contributed by atoms with E-state index in [-0.39, 0.29) is 13.4 Å². The lowest BCUT2D eigenvalue weighted by molar-refractivity contribution is 0.669. The predicted octanol–water partition coefficient (Wildman–Crippen LogP) is 23.7. The smallest absolute Gasteiger partial charge is 0.252 e. The molecular weight excluding hydrogens is 1380 g/mol. The zero-order valence-electron chi connectivity index (χ0n) is 61.0. The van der Waals surface area contributed by atoms with E-state index >= 15 is 0 Å². The van der Waals surface area contributed by atoms with Crippen LogP contribution >= 0.6 is 0 Å². The molecule has 25 rings (SSSR count). The molecule has 0 aliphatic carbocycles. The van der Waals surface area contributed by atoms with E-state index in [0.29, 0.717) is 0 Å². The fraction of sp³-hybridized carbons (Fsp3) is 0. The van der Waals surface area contributed by atoms with Gasteiger partial charge in [-0.05, 0) is 178 Å². The van der Waals surface area contributed by atoms with E-state index in [1.165, 1.54) is 59.8 Å². The molecule has 524 valence electrons. The molecule has 0 unspecified atom stereocenters. The third-order valence-corrected chi connectivity index (χ3v) is 24.3. The van der Waals surface area contributed by atoms with Gasteiger partial charge in [-0.2, -0.15) is 0 Å². The van der Waals surface area contributed by atoms with Gasteiger partial charge in [0.1, 0.15) is 11.2 Å². The van der Waals surface area contributed by atoms with E-state index in [0.717, 1.165) is 157 Å². The van der Waals surface area contributed by atoms with Crippen molar-refractivity contribution in [1.29, 1.82) is 0 Å². The molecule has 0 saturated carbocycles. The number of hydrogen-bond acceptors (Lipinski definition) is 8. The molecule has 0 amide bonds. The van der Waals surface area contributed by atoms with Gasteiger partial charge < -0.3 is 42.6 Å². The van der Waals surface area contributed by atoms with Gasteiger partial charge >= 0.3 is 0 Å². The summed E-state index contributed by atoms with van der Waals surface area (Å²) in [4.78, 5) is 15.0. The molecule has 17 aromatic carbocycles. The Bertz CT molecular complexity index is 6980. The van der Waals surface area contributed by atoms with Crippen molar-refractivity contribution in [2.45, 2.75) is 0 Å². The summed E-state index contributed by atoms with van der Waals surface area (Å²) < 4.78 is 16.8. The van der Waals surface area contributed by atoms with Crippen molar-refractivity contribution in [3.05, 3.63) is 382 Å². The maximum atomic E-state index is 7.07. The summed E-state index contributed by atoms with van der Waals surface area (Å²) in [7, 11) is 0. The fourth-order valence-electron chi connectivity index (χ4n) is 19.8. The quantitative estimate of drug-likeness (QED) is 0.126. The molecular formula is C102H63B2N7O2. The van der Waals surface area contributed by atoms with Crippen LogP contribution in [0.2, 0.25) is 0 Å². The highest BCUT2D eigenvalue weighted by atomic mass is 16.3. The third kappa shape index (κ3) is 8.84. The second kappa shape index (κ2) is 23.8. The number of rotatable bonds is 10. The van der Waals surface area contributed by atoms with Crippen LogP contribution in [0.15, 0.2) is 391 Å². The highest BCUT2D eigenvalue weighted by Crippen LogP contribution is 2.55. The maximum absolute atomic E-state index is 7.07. The fourth-order valence-corrected chi connectivity index (χ4v) is 19.8. The Morgan fingerprint density at radius 3 is 0.938 bits per heavy atom. The summed E-state index contributed by atoms with van der Waals surface area (Å²) in [5.74, 6) is 0. The Morgan fingerprint density at radius 1 is 0.212 bits per heavy atom. The molecule has 0 spiro atoms. The lowest BCUT2D eigenvalue weighted by Gasteiger charge is -2.45. The Hall–Kier alpha value is -14.9. The van der Waals surface area contributed by atoms with Crippen molar-refractivity contribution in [2.75, 3.05) is 29.4 Å². The second-order valence-corrected chi connectivity index (χ2v) is 30.2. The lowest BCUT2D eigenvalue weighted by atomic mass is 9.33. The van der Waals surface area contributed by atoms with E-state index in [4.69, 9.17) is 8.83 Å². The van der Waals surface area contributed by atoms with Crippen molar-refractivity contribution in [3.63, 3.8) is 0 Å². The average Bonchev–Trinajstić information content (AvgIpc) is 1.63. The van der Waals surface area contributed by atoms with Crippen molar-refractivity contribution < 1.29 is 8.83 Å². The van der Waals surface area contributed by atoms with E-state index < -0.39 is 0 Å². The van der Waals surface area contributed by atoms with Crippen LogP contribution in [-0.4, -0.2) is 17.8 Å². The number of anilines is 18. The molecule has 8 heterocycles. The van der Waals surface area contributed by atoms with Crippen LogP contribution < -0.4 is 62.2 Å². The summed E-state index contributed by atoms with van der Waals surface area (Å²) in [6.07, 6.45) is 0. The van der Waals surface area contributed by atoms with Crippen LogP contribution in [0, 0.1) is 0 Å². The zero-order valence-corrected chi connectivity index (χ0v) is 61.0. The Balaban J connectivity index is 0.768. The highest BCUT2D eigenvalue weighted by molar-refractivity contribution is 7.01. The standard InChI is InChI=1S/C102H63B2N7O2/c1-7-30-64(31-8-1)105(65-32-9-2-10-33-65)70-56-92-98-94(58-70)109(86-52-28-46-76-72-42-19-25-54-96(72)112-101(76)86)84-50-23-21-48-80(84)103(98)82-60-78-74-44-27-45-75-79-61-83-91(63-89(79)111(100(74)75)88(78)62-90(82)107(92)68-38-15-5-16-39-68)108(69-40-17-6-18-41-69)93-57-71(106(66-34-11-3-12-35-66)67-36-13-4-14-37-67)59-95-99(93)104(83)81-49-22-24-51-85(81)110(95)87-53-29-47-77-73-43-20-26-55-97(73)113-102(77)87/h1-63H. The van der Waals surface area contributed by atoms with E-state index in [2.05, 4.69) is 416 Å². The van der Waals surface area contributed by atoms with Crippen LogP contribution in [0.5, 0.6) is 0 Å². The molecule has 0 radical (unpaired) electrons. The molecule has 113 heavy (non-hydrogen) atoms. The van der Waals surface area contributed by atoms with Gasteiger partial charge in [0.15, 0.2) is 11.2 Å². The molecule has 0 bridgehead atoms. The number of benzene rings is 17. The summed E-state index contributed by atoms with van der Waals surface area (Å²) in [5, 5.41) is 9.15. The minimum atomic E-state index is -0.198. The summed E-state index contributed by atoms with van der Waals surface area (Å²) in [5.41, 5.74) is 33.3. The third-order valence-electron chi connectivity index (χ3n) is 24.3. The van der Waals surface area contributed by atoms with Gasteiger partial charge in [0.05, 0.1) is 39.3 Å². The Kier molecular flexibility index (Phi) is 13.1. The number of nitrogens with zero attached hydrogens (tertiary/aromatic N) is 7. The first-order valence-electron chi connectivity index (χ1n) is 38.9. The van der Waals surface area contributed by atoms with Crippen LogP contribution in [0.25, 0.3) is 82.0 Å². The monoisotopic (exact) mass is 1440 g/mol. The SMILES string of the molecule is c1ccc(N(c2ccccc2)c2cc3c4c(c2)N(c2cccc5c2oc2ccccc25)c2ccccc2B4c2cc4c5cccc6c7cc8c(cc7n(c4cc2N3c2ccccc2)c56)N(c2ccccc2)c2cc(N(c3ccccc3)c3ccccc3)cc3c2B8c2ccccc2N3c2cccc3c2oc2ccccc23)cc1. The second-order valence-electron chi connectivity index (χ2n) is 30.2. The molecule has 4 aliphatic rings. The van der Waals surface area contributed by atoms with Crippen molar-refractivity contribution in [1.82, 2.24) is 4.40 Å². The van der Waals surface area contributed by atoms with Gasteiger partial charge in [-0.3, -0.25) is 0 Å². The number of hydrogen-bond donors (Lipinski definition) is 0. The minimum Gasteiger partial charge on any atom is -0.454 e. The van der Waals surface area contributed by atoms with Crippen molar-refractivity contribution >= 4 is 231 Å². The summed E-state index contributed by atoms with van der Waals surface area (Å²) >= 11 is 0. The molecule has 4 aliphatic heterocycles.